The lowest BCUT2D eigenvalue weighted by Gasteiger charge is -2.06. The van der Waals surface area contributed by atoms with E-state index in [9.17, 15) is 9.90 Å². The molecule has 0 saturated heterocycles. The Balaban J connectivity index is 2.14. The third-order valence-corrected chi connectivity index (χ3v) is 3.15. The number of aromatic carboxylic acids is 1. The predicted molar refractivity (Wildman–Crippen MR) is 80.3 cm³/mol. The largest absolute Gasteiger partial charge is 0.497 e. The Kier molecular flexibility index (Phi) is 3.57. The van der Waals surface area contributed by atoms with Crippen LogP contribution in [-0.4, -0.2) is 33.0 Å². The van der Waals surface area contributed by atoms with Gasteiger partial charge >= 0.3 is 5.97 Å². The molecule has 0 spiro atoms. The van der Waals surface area contributed by atoms with Gasteiger partial charge in [-0.3, -0.25) is 4.98 Å². The molecule has 3 aromatic rings. The maximum Gasteiger partial charge on any atom is 0.354 e. The Hall–Kier alpha value is -3.15. The van der Waals surface area contributed by atoms with Gasteiger partial charge in [0.2, 0.25) is 0 Å². The number of hydrogen-bond acceptors (Lipinski definition) is 4. The lowest BCUT2D eigenvalue weighted by atomic mass is 10.2. The van der Waals surface area contributed by atoms with Gasteiger partial charge in [0.25, 0.3) is 0 Å². The highest BCUT2D eigenvalue weighted by Crippen LogP contribution is 2.22. The van der Waals surface area contributed by atoms with E-state index in [0.29, 0.717) is 22.8 Å². The average molecular weight is 295 g/mol. The Labute approximate surface area is 126 Å². The molecule has 1 N–H and O–H groups in total. The summed E-state index contributed by atoms with van der Waals surface area (Å²) in [6.45, 7) is 0. The fraction of sp³-hybridized carbons (Fsp3) is 0.0625. The molecule has 6 heteroatoms. The molecule has 6 nitrogen and oxygen atoms in total. The summed E-state index contributed by atoms with van der Waals surface area (Å²) in [4.78, 5) is 15.7. The van der Waals surface area contributed by atoms with Crippen LogP contribution in [0.15, 0.2) is 54.7 Å². The van der Waals surface area contributed by atoms with E-state index in [-0.39, 0.29) is 5.69 Å². The molecule has 2 aromatic heterocycles. The fourth-order valence-electron chi connectivity index (χ4n) is 2.11. The molecule has 0 amide bonds. The maximum absolute atomic E-state index is 11.5. The smallest absolute Gasteiger partial charge is 0.354 e. The molecule has 22 heavy (non-hydrogen) atoms. The highest BCUT2D eigenvalue weighted by Gasteiger charge is 2.17. The number of hydrogen-bond donors (Lipinski definition) is 1. The standard InChI is InChI=1S/C16H13N3O3/c1-22-12-6-4-5-11(9-12)19-15(16(20)21)10-14(18-19)13-7-2-3-8-17-13/h2-10H,1H3,(H,20,21). The number of carboxylic acids is 1. The number of benzene rings is 1. The first kappa shape index (κ1) is 13.8. The minimum atomic E-state index is -1.06. The summed E-state index contributed by atoms with van der Waals surface area (Å²) < 4.78 is 6.54. The van der Waals surface area contributed by atoms with Crippen LogP contribution < -0.4 is 4.74 Å². The van der Waals surface area contributed by atoms with Crippen LogP contribution in [0.2, 0.25) is 0 Å². The number of pyridine rings is 1. The number of rotatable bonds is 4. The van der Waals surface area contributed by atoms with E-state index >= 15 is 0 Å². The average Bonchev–Trinajstić information content (AvgIpc) is 3.01. The number of nitrogens with zero attached hydrogens (tertiary/aromatic N) is 3. The summed E-state index contributed by atoms with van der Waals surface area (Å²) in [5.74, 6) is -0.429. The zero-order valence-corrected chi connectivity index (χ0v) is 11.8. The van der Waals surface area contributed by atoms with Crippen molar-refractivity contribution in [2.45, 2.75) is 0 Å². The molecule has 0 aliphatic heterocycles. The summed E-state index contributed by atoms with van der Waals surface area (Å²) in [6, 6.07) is 14.0. The lowest BCUT2D eigenvalue weighted by molar-refractivity contribution is 0.0687. The minimum Gasteiger partial charge on any atom is -0.497 e. The molecule has 0 aliphatic carbocycles. The normalized spacial score (nSPS) is 10.4. The van der Waals surface area contributed by atoms with Gasteiger partial charge in [0.1, 0.15) is 11.4 Å². The van der Waals surface area contributed by atoms with Crippen molar-refractivity contribution in [2.75, 3.05) is 7.11 Å². The van der Waals surface area contributed by atoms with Gasteiger partial charge in [-0.1, -0.05) is 12.1 Å². The van der Waals surface area contributed by atoms with Crippen molar-refractivity contribution in [2.24, 2.45) is 0 Å². The molecule has 1 aromatic carbocycles. The van der Waals surface area contributed by atoms with Gasteiger partial charge in [0.15, 0.2) is 5.69 Å². The van der Waals surface area contributed by atoms with Crippen LogP contribution in [0.3, 0.4) is 0 Å². The molecule has 0 radical (unpaired) electrons. The summed E-state index contributed by atoms with van der Waals surface area (Å²) in [7, 11) is 1.56. The topological polar surface area (TPSA) is 77.2 Å². The van der Waals surface area contributed by atoms with E-state index in [4.69, 9.17) is 4.74 Å². The molecule has 0 fully saturated rings. The summed E-state index contributed by atoms with van der Waals surface area (Å²) in [6.07, 6.45) is 1.64. The van der Waals surface area contributed by atoms with Gasteiger partial charge in [-0.15, -0.1) is 0 Å². The van der Waals surface area contributed by atoms with Gasteiger partial charge < -0.3 is 9.84 Å². The molecule has 0 saturated carbocycles. The predicted octanol–water partition coefficient (Wildman–Crippen LogP) is 2.64. The molecular formula is C16H13N3O3. The first-order valence-corrected chi connectivity index (χ1v) is 6.58. The van der Waals surface area contributed by atoms with Gasteiger partial charge in [-0.05, 0) is 24.3 Å². The molecule has 3 rings (SSSR count). The van der Waals surface area contributed by atoms with Crippen LogP contribution in [-0.2, 0) is 0 Å². The highest BCUT2D eigenvalue weighted by atomic mass is 16.5. The second-order valence-electron chi connectivity index (χ2n) is 4.55. The zero-order valence-electron chi connectivity index (χ0n) is 11.8. The summed E-state index contributed by atoms with van der Waals surface area (Å²) in [5, 5.41) is 13.8. The third-order valence-electron chi connectivity index (χ3n) is 3.15. The first-order valence-electron chi connectivity index (χ1n) is 6.58. The Morgan fingerprint density at radius 3 is 2.68 bits per heavy atom. The van der Waals surface area contributed by atoms with Crippen molar-refractivity contribution in [3.63, 3.8) is 0 Å². The van der Waals surface area contributed by atoms with E-state index < -0.39 is 5.97 Å². The van der Waals surface area contributed by atoms with Gasteiger partial charge in [-0.25, -0.2) is 9.48 Å². The summed E-state index contributed by atoms with van der Waals surface area (Å²) >= 11 is 0. The molecule has 0 atom stereocenters. The number of methoxy groups -OCH3 is 1. The molecule has 0 aliphatic rings. The van der Waals surface area contributed by atoms with Crippen LogP contribution in [0, 0.1) is 0 Å². The van der Waals surface area contributed by atoms with Crippen molar-refractivity contribution >= 4 is 5.97 Å². The maximum atomic E-state index is 11.5. The van der Waals surface area contributed by atoms with E-state index in [1.807, 2.05) is 6.07 Å². The summed E-state index contributed by atoms with van der Waals surface area (Å²) in [5.41, 5.74) is 1.79. The van der Waals surface area contributed by atoms with Crippen molar-refractivity contribution < 1.29 is 14.6 Å². The Morgan fingerprint density at radius 2 is 2.00 bits per heavy atom. The highest BCUT2D eigenvalue weighted by molar-refractivity contribution is 5.88. The molecule has 0 unspecified atom stereocenters. The molecule has 0 bridgehead atoms. The van der Waals surface area contributed by atoms with Crippen molar-refractivity contribution in [1.82, 2.24) is 14.8 Å². The van der Waals surface area contributed by atoms with Crippen LogP contribution in [0.5, 0.6) is 5.75 Å². The number of carboxylic acid groups (broad SMARTS) is 1. The van der Waals surface area contributed by atoms with Crippen molar-refractivity contribution in [1.29, 1.82) is 0 Å². The lowest BCUT2D eigenvalue weighted by Crippen LogP contribution is -2.07. The number of aromatic nitrogens is 3. The second kappa shape index (κ2) is 5.69. The van der Waals surface area contributed by atoms with E-state index in [1.54, 1.807) is 49.7 Å². The van der Waals surface area contributed by atoms with Crippen LogP contribution in [0.4, 0.5) is 0 Å². The van der Waals surface area contributed by atoms with E-state index in [0.717, 1.165) is 0 Å². The van der Waals surface area contributed by atoms with Crippen LogP contribution in [0.25, 0.3) is 17.1 Å². The minimum absolute atomic E-state index is 0.0638. The molecule has 2 heterocycles. The Morgan fingerprint density at radius 1 is 1.14 bits per heavy atom. The zero-order chi connectivity index (χ0) is 15.5. The van der Waals surface area contributed by atoms with Crippen LogP contribution in [0.1, 0.15) is 10.5 Å². The van der Waals surface area contributed by atoms with Gasteiger partial charge in [-0.2, -0.15) is 5.10 Å². The third kappa shape index (κ3) is 2.54. The first-order chi connectivity index (χ1) is 10.7. The quantitative estimate of drug-likeness (QED) is 0.800. The Bertz CT molecular complexity index is 813. The molecule has 110 valence electrons. The van der Waals surface area contributed by atoms with Crippen molar-refractivity contribution in [3.8, 4) is 22.8 Å². The number of carbonyl (C=O) groups is 1. The van der Waals surface area contributed by atoms with Crippen molar-refractivity contribution in [3.05, 3.63) is 60.4 Å². The van der Waals surface area contributed by atoms with E-state index in [2.05, 4.69) is 10.1 Å². The van der Waals surface area contributed by atoms with Crippen LogP contribution >= 0.6 is 0 Å². The SMILES string of the molecule is COc1cccc(-n2nc(-c3ccccn3)cc2C(=O)O)c1. The van der Waals surface area contributed by atoms with E-state index in [1.165, 1.54) is 10.7 Å². The van der Waals surface area contributed by atoms with Gasteiger partial charge in [0, 0.05) is 18.3 Å². The monoisotopic (exact) mass is 295 g/mol. The molecular weight excluding hydrogens is 282 g/mol. The second-order valence-corrected chi connectivity index (χ2v) is 4.55. The number of ether oxygens (including phenoxy) is 1. The van der Waals surface area contributed by atoms with Gasteiger partial charge in [0.05, 0.1) is 18.5 Å². The fourth-order valence-corrected chi connectivity index (χ4v) is 2.11.